The van der Waals surface area contributed by atoms with Crippen molar-refractivity contribution < 1.29 is 9.47 Å². The average Bonchev–Trinajstić information content (AvgIpc) is 3.06. The summed E-state index contributed by atoms with van der Waals surface area (Å²) in [7, 11) is 0. The van der Waals surface area contributed by atoms with Gasteiger partial charge < -0.3 is 32.4 Å². The average molecular weight is 744 g/mol. The van der Waals surface area contributed by atoms with E-state index in [1.807, 2.05) is 12.1 Å². The van der Waals surface area contributed by atoms with Gasteiger partial charge in [-0.05, 0) is 25.0 Å². The molecule has 1 aromatic rings. The normalized spacial score (nSPS) is 10.9. The highest BCUT2D eigenvalue weighted by Gasteiger charge is 2.16. The van der Waals surface area contributed by atoms with Gasteiger partial charge in [0.15, 0.2) is 11.5 Å². The number of benzene rings is 1. The zero-order valence-corrected chi connectivity index (χ0v) is 33.1. The third-order valence-electron chi connectivity index (χ3n) is 8.40. The first kappa shape index (κ1) is 49.4. The molecule has 0 saturated heterocycles. The zero-order valence-electron chi connectivity index (χ0n) is 31.4. The molecule has 0 atom stereocenters. The summed E-state index contributed by atoms with van der Waals surface area (Å²) in [5, 5.41) is 15.6. The molecule has 290 valence electrons. The standard InChI is InChI=1S/C38H70N8O2.2ClH/c1-3-5-7-9-11-13-15-17-19-21-23-25-29-47-35-33(31-43-45-37(39)40)27-28-34(32-44-46-38(41)42)36(35)48-30-26-24-22-20-18-16-14-12-10-8-6-4-2;;/h27-28,31-32H,3-26,29-30H2,1-2H3,(H4,39,40,45)(H4,41,42,46);2*1H/b43-31+,44-32+;;. The van der Waals surface area contributed by atoms with Gasteiger partial charge in [0.05, 0.1) is 25.6 Å². The van der Waals surface area contributed by atoms with Crippen LogP contribution in [0.1, 0.15) is 179 Å². The van der Waals surface area contributed by atoms with Crippen LogP contribution in [0.15, 0.2) is 32.5 Å². The summed E-state index contributed by atoms with van der Waals surface area (Å²) >= 11 is 0. The minimum atomic E-state index is -0.116. The van der Waals surface area contributed by atoms with E-state index in [1.54, 1.807) is 12.4 Å². The second kappa shape index (κ2) is 36.1. The summed E-state index contributed by atoms with van der Waals surface area (Å²) in [6, 6.07) is 3.74. The van der Waals surface area contributed by atoms with Crippen LogP contribution in [0.25, 0.3) is 0 Å². The molecule has 0 unspecified atom stereocenters. The second-order valence-corrected chi connectivity index (χ2v) is 12.9. The van der Waals surface area contributed by atoms with Crippen molar-refractivity contribution in [2.75, 3.05) is 13.2 Å². The molecular weight excluding hydrogens is 671 g/mol. The maximum Gasteiger partial charge on any atom is 0.211 e. The van der Waals surface area contributed by atoms with Crippen molar-refractivity contribution in [3.63, 3.8) is 0 Å². The zero-order chi connectivity index (χ0) is 34.9. The molecule has 0 saturated carbocycles. The maximum absolute atomic E-state index is 6.38. The molecule has 12 heteroatoms. The predicted octanol–water partition coefficient (Wildman–Crippen LogP) is 9.90. The van der Waals surface area contributed by atoms with Crippen molar-refractivity contribution in [3.8, 4) is 11.5 Å². The summed E-state index contributed by atoms with van der Waals surface area (Å²) in [4.78, 5) is 0. The summed E-state index contributed by atoms with van der Waals surface area (Å²) in [6.45, 7) is 5.66. The van der Waals surface area contributed by atoms with Crippen molar-refractivity contribution in [1.29, 1.82) is 0 Å². The summed E-state index contributed by atoms with van der Waals surface area (Å²) in [5.74, 6) is 0.935. The van der Waals surface area contributed by atoms with E-state index in [0.29, 0.717) is 35.8 Å². The maximum atomic E-state index is 6.38. The minimum absolute atomic E-state index is 0. The van der Waals surface area contributed by atoms with Crippen LogP contribution in [0.3, 0.4) is 0 Å². The minimum Gasteiger partial charge on any atom is -0.489 e. The Morgan fingerprint density at radius 2 is 0.720 bits per heavy atom. The van der Waals surface area contributed by atoms with Gasteiger partial charge in [-0.15, -0.1) is 35.0 Å². The number of guanidine groups is 2. The fourth-order valence-electron chi connectivity index (χ4n) is 5.64. The number of halogens is 2. The van der Waals surface area contributed by atoms with E-state index < -0.39 is 0 Å². The Morgan fingerprint density at radius 1 is 0.460 bits per heavy atom. The first-order valence-electron chi connectivity index (χ1n) is 19.2. The fraction of sp³-hybridized carbons (Fsp3) is 0.737. The number of ether oxygens (including phenoxy) is 2. The van der Waals surface area contributed by atoms with Crippen molar-refractivity contribution >= 4 is 49.2 Å². The lowest BCUT2D eigenvalue weighted by atomic mass is 10.1. The van der Waals surface area contributed by atoms with Crippen LogP contribution in [-0.4, -0.2) is 37.6 Å². The number of hydrogen-bond acceptors (Lipinski definition) is 6. The second-order valence-electron chi connectivity index (χ2n) is 12.9. The molecule has 0 spiro atoms. The van der Waals surface area contributed by atoms with Crippen molar-refractivity contribution in [2.45, 2.75) is 168 Å². The van der Waals surface area contributed by atoms with Gasteiger partial charge in [0.1, 0.15) is 0 Å². The highest BCUT2D eigenvalue weighted by atomic mass is 35.5. The summed E-state index contributed by atoms with van der Waals surface area (Å²) in [5.41, 5.74) is 23.4. The van der Waals surface area contributed by atoms with Gasteiger partial charge >= 0.3 is 0 Å². The lowest BCUT2D eigenvalue weighted by molar-refractivity contribution is 0.258. The monoisotopic (exact) mass is 743 g/mol. The largest absolute Gasteiger partial charge is 0.489 e. The van der Waals surface area contributed by atoms with Gasteiger partial charge in [-0.2, -0.15) is 10.2 Å². The Kier molecular flexibility index (Phi) is 35.6. The van der Waals surface area contributed by atoms with E-state index in [1.165, 1.54) is 128 Å². The Labute approximate surface area is 317 Å². The van der Waals surface area contributed by atoms with E-state index >= 15 is 0 Å². The fourth-order valence-corrected chi connectivity index (χ4v) is 5.64. The van der Waals surface area contributed by atoms with Crippen LogP contribution in [0, 0.1) is 0 Å². The van der Waals surface area contributed by atoms with E-state index in [9.17, 15) is 0 Å². The molecule has 0 amide bonds. The molecule has 1 aromatic carbocycles. The van der Waals surface area contributed by atoms with Gasteiger partial charge in [0, 0.05) is 11.1 Å². The van der Waals surface area contributed by atoms with E-state index in [4.69, 9.17) is 32.4 Å². The molecule has 8 N–H and O–H groups in total. The third-order valence-corrected chi connectivity index (χ3v) is 8.40. The van der Waals surface area contributed by atoms with Gasteiger partial charge in [0.2, 0.25) is 11.9 Å². The number of hydrogen-bond donors (Lipinski definition) is 4. The highest BCUT2D eigenvalue weighted by molar-refractivity contribution is 5.92. The van der Waals surface area contributed by atoms with Crippen molar-refractivity contribution in [3.05, 3.63) is 23.3 Å². The molecule has 0 fully saturated rings. The van der Waals surface area contributed by atoms with Crippen LogP contribution in [-0.2, 0) is 0 Å². The summed E-state index contributed by atoms with van der Waals surface area (Å²) < 4.78 is 12.8. The predicted molar refractivity (Wildman–Crippen MR) is 221 cm³/mol. The first-order valence-corrected chi connectivity index (χ1v) is 19.2. The van der Waals surface area contributed by atoms with Crippen LogP contribution in [0.2, 0.25) is 0 Å². The SMILES string of the molecule is CCCCCCCCCCCCCCOc1c(/C=N/N=C(N)N)ccc(/C=N/N=C(N)N)c1OCCCCCCCCCCCCCC.Cl.Cl. The molecule has 0 aliphatic carbocycles. The van der Waals surface area contributed by atoms with E-state index in [2.05, 4.69) is 34.3 Å². The Morgan fingerprint density at radius 3 is 0.980 bits per heavy atom. The molecule has 0 bridgehead atoms. The molecular formula is C38H72Cl2N8O2. The van der Waals surface area contributed by atoms with Gasteiger partial charge in [-0.3, -0.25) is 0 Å². The molecule has 0 aliphatic heterocycles. The number of nitrogens with zero attached hydrogens (tertiary/aromatic N) is 4. The number of nitrogens with two attached hydrogens (primary N) is 4. The molecule has 0 radical (unpaired) electrons. The Hall–Kier alpha value is -2.72. The third kappa shape index (κ3) is 28.0. The van der Waals surface area contributed by atoms with Crippen LogP contribution in [0.4, 0.5) is 0 Å². The van der Waals surface area contributed by atoms with Gasteiger partial charge in [-0.25, -0.2) is 0 Å². The van der Waals surface area contributed by atoms with E-state index in [0.717, 1.165) is 25.7 Å². The molecule has 50 heavy (non-hydrogen) atoms. The van der Waals surface area contributed by atoms with Gasteiger partial charge in [-0.1, -0.05) is 155 Å². The smallest absolute Gasteiger partial charge is 0.211 e. The lowest BCUT2D eigenvalue weighted by Crippen LogP contribution is -2.21. The molecule has 10 nitrogen and oxygen atoms in total. The topological polar surface area (TPSA) is 172 Å². The van der Waals surface area contributed by atoms with Crippen molar-refractivity contribution in [2.24, 2.45) is 43.3 Å². The van der Waals surface area contributed by atoms with E-state index in [-0.39, 0.29) is 36.7 Å². The Bertz CT molecular complexity index is 965. The quantitative estimate of drug-likeness (QED) is 0.0247. The van der Waals surface area contributed by atoms with Crippen LogP contribution < -0.4 is 32.4 Å². The first-order chi connectivity index (χ1) is 23.5. The van der Waals surface area contributed by atoms with Crippen LogP contribution >= 0.6 is 24.8 Å². The lowest BCUT2D eigenvalue weighted by Gasteiger charge is -2.17. The highest BCUT2D eigenvalue weighted by Crippen LogP contribution is 2.35. The summed E-state index contributed by atoms with van der Waals surface area (Å²) in [6.07, 6.45) is 34.0. The molecule has 0 heterocycles. The van der Waals surface area contributed by atoms with Gasteiger partial charge in [0.25, 0.3) is 0 Å². The molecule has 0 aliphatic rings. The number of unbranched alkanes of at least 4 members (excludes halogenated alkanes) is 22. The molecule has 1 rings (SSSR count). The van der Waals surface area contributed by atoms with Crippen LogP contribution in [0.5, 0.6) is 11.5 Å². The Balaban J connectivity index is 0. The molecule has 0 aromatic heterocycles. The number of rotatable bonds is 32. The van der Waals surface area contributed by atoms with Crippen molar-refractivity contribution in [1.82, 2.24) is 0 Å².